The van der Waals surface area contributed by atoms with Crippen LogP contribution in [0.2, 0.25) is 0 Å². The van der Waals surface area contributed by atoms with Crippen LogP contribution in [0.4, 0.5) is 0 Å². The number of thiazole rings is 1. The van der Waals surface area contributed by atoms with Gasteiger partial charge in [-0.05, 0) is 54.7 Å². The zero-order valence-corrected chi connectivity index (χ0v) is 18.9. The molecule has 30 heavy (non-hydrogen) atoms. The molecule has 0 aliphatic carbocycles. The minimum Gasteiger partial charge on any atom is -0.319 e. The summed E-state index contributed by atoms with van der Waals surface area (Å²) in [6.07, 6.45) is 1.04. The van der Waals surface area contributed by atoms with Crippen molar-refractivity contribution in [3.05, 3.63) is 58.9 Å². The summed E-state index contributed by atoms with van der Waals surface area (Å²) >= 11 is 1.45. The van der Waals surface area contributed by atoms with Gasteiger partial charge >= 0.3 is 0 Å². The van der Waals surface area contributed by atoms with Gasteiger partial charge in [0.15, 0.2) is 4.80 Å². The second-order valence-corrected chi connectivity index (χ2v) is 11.1. The summed E-state index contributed by atoms with van der Waals surface area (Å²) in [5.41, 5.74) is 1.38. The van der Waals surface area contributed by atoms with Crippen LogP contribution >= 0.6 is 11.3 Å². The fourth-order valence-corrected chi connectivity index (χ4v) is 6.76. The molecule has 1 aliphatic heterocycles. The molecule has 0 spiro atoms. The van der Waals surface area contributed by atoms with Crippen molar-refractivity contribution in [2.45, 2.75) is 25.2 Å². The van der Waals surface area contributed by atoms with Crippen LogP contribution < -0.4 is 4.80 Å². The van der Waals surface area contributed by atoms with Crippen molar-refractivity contribution in [2.75, 3.05) is 13.1 Å². The number of carbonyl (C=O) groups excluding carboxylic acids is 1. The number of nitrogens with zero attached hydrogens (tertiary/aromatic N) is 3. The van der Waals surface area contributed by atoms with Gasteiger partial charge in [-0.25, -0.2) is 8.42 Å². The number of piperidine rings is 1. The van der Waals surface area contributed by atoms with Gasteiger partial charge in [0, 0.05) is 25.7 Å². The molecule has 1 amide bonds. The standard InChI is InChI=1S/C22H25N3O3S2/c1-15-12-16(2)14-25(13-15)30(27,28)18-10-8-17(9-11-18)21(26)23-22-24(3)19-6-4-5-7-20(19)29-22/h4-11,15-16H,12-14H2,1-3H3/t15-,16+. The first kappa shape index (κ1) is 21.0. The first-order valence-electron chi connectivity index (χ1n) is 9.99. The van der Waals surface area contributed by atoms with Crippen LogP contribution in [-0.2, 0) is 17.1 Å². The Morgan fingerprint density at radius 3 is 2.30 bits per heavy atom. The second kappa shape index (κ2) is 8.09. The molecular weight excluding hydrogens is 418 g/mol. The first-order valence-corrected chi connectivity index (χ1v) is 12.2. The highest BCUT2D eigenvalue weighted by Gasteiger charge is 2.31. The van der Waals surface area contributed by atoms with Crippen LogP contribution in [0.1, 0.15) is 30.6 Å². The Labute approximate surface area is 180 Å². The molecule has 0 saturated carbocycles. The lowest BCUT2D eigenvalue weighted by atomic mass is 9.94. The summed E-state index contributed by atoms with van der Waals surface area (Å²) in [4.78, 5) is 17.7. The summed E-state index contributed by atoms with van der Waals surface area (Å²) in [5, 5.41) is 0. The van der Waals surface area contributed by atoms with Gasteiger partial charge in [-0.2, -0.15) is 9.30 Å². The van der Waals surface area contributed by atoms with E-state index in [4.69, 9.17) is 0 Å². The number of aromatic nitrogens is 1. The Hall–Kier alpha value is -2.29. The first-order chi connectivity index (χ1) is 14.3. The van der Waals surface area contributed by atoms with Gasteiger partial charge < -0.3 is 4.57 Å². The number of benzene rings is 2. The molecule has 1 aromatic heterocycles. The molecule has 0 unspecified atom stereocenters. The van der Waals surface area contributed by atoms with E-state index in [1.54, 1.807) is 16.4 Å². The smallest absolute Gasteiger partial charge is 0.279 e. The summed E-state index contributed by atoms with van der Waals surface area (Å²) in [6, 6.07) is 14.0. The molecule has 4 rings (SSSR count). The van der Waals surface area contributed by atoms with Gasteiger partial charge in [0.05, 0.1) is 15.1 Å². The lowest BCUT2D eigenvalue weighted by molar-refractivity contribution is 0.0998. The van der Waals surface area contributed by atoms with E-state index in [1.807, 2.05) is 35.9 Å². The Morgan fingerprint density at radius 1 is 1.03 bits per heavy atom. The fourth-order valence-electron chi connectivity index (χ4n) is 4.06. The molecule has 1 aliphatic rings. The molecule has 2 heterocycles. The monoisotopic (exact) mass is 443 g/mol. The van der Waals surface area contributed by atoms with E-state index in [2.05, 4.69) is 18.8 Å². The van der Waals surface area contributed by atoms with Crippen LogP contribution in [0.3, 0.4) is 0 Å². The van der Waals surface area contributed by atoms with E-state index in [0.29, 0.717) is 35.3 Å². The Balaban J connectivity index is 1.60. The number of rotatable bonds is 3. The molecule has 1 fully saturated rings. The predicted molar refractivity (Wildman–Crippen MR) is 119 cm³/mol. The van der Waals surface area contributed by atoms with Crippen molar-refractivity contribution in [3.63, 3.8) is 0 Å². The highest BCUT2D eigenvalue weighted by molar-refractivity contribution is 7.89. The van der Waals surface area contributed by atoms with Crippen LogP contribution in [-0.4, -0.2) is 36.3 Å². The van der Waals surface area contributed by atoms with E-state index in [9.17, 15) is 13.2 Å². The summed E-state index contributed by atoms with van der Waals surface area (Å²) in [5.74, 6) is 0.289. The minimum absolute atomic E-state index is 0.216. The zero-order valence-electron chi connectivity index (χ0n) is 17.3. The molecule has 2 atom stereocenters. The van der Waals surface area contributed by atoms with Gasteiger partial charge in [0.2, 0.25) is 10.0 Å². The molecule has 0 N–H and O–H groups in total. The molecule has 8 heteroatoms. The largest absolute Gasteiger partial charge is 0.319 e. The van der Waals surface area contributed by atoms with Crippen molar-refractivity contribution in [2.24, 2.45) is 23.9 Å². The maximum atomic E-state index is 13.0. The van der Waals surface area contributed by atoms with Crippen LogP contribution in [0.25, 0.3) is 10.2 Å². The van der Waals surface area contributed by atoms with Gasteiger partial charge in [-0.3, -0.25) is 4.79 Å². The van der Waals surface area contributed by atoms with E-state index in [-0.39, 0.29) is 10.8 Å². The summed E-state index contributed by atoms with van der Waals surface area (Å²) < 4.78 is 30.5. The SMILES string of the molecule is C[C@@H]1C[C@H](C)CN(S(=O)(=O)c2ccc(C(=O)N=c3sc4ccccc4n3C)cc2)C1. The van der Waals surface area contributed by atoms with Gasteiger partial charge in [0.25, 0.3) is 5.91 Å². The lowest BCUT2D eigenvalue weighted by Gasteiger charge is -2.34. The average molecular weight is 444 g/mol. The minimum atomic E-state index is -3.56. The normalized spacial score (nSPS) is 21.2. The summed E-state index contributed by atoms with van der Waals surface area (Å²) in [6.45, 7) is 5.22. The van der Waals surface area contributed by atoms with Crippen molar-refractivity contribution < 1.29 is 13.2 Å². The van der Waals surface area contributed by atoms with E-state index < -0.39 is 10.0 Å². The second-order valence-electron chi connectivity index (χ2n) is 8.12. The molecule has 0 bridgehead atoms. The van der Waals surface area contributed by atoms with Crippen LogP contribution in [0.5, 0.6) is 0 Å². The Bertz CT molecular complexity index is 1250. The maximum absolute atomic E-state index is 13.0. The van der Waals surface area contributed by atoms with Crippen molar-refractivity contribution in [3.8, 4) is 0 Å². The molecular formula is C22H25N3O3S2. The molecule has 2 aromatic carbocycles. The molecule has 158 valence electrons. The Kier molecular flexibility index (Phi) is 5.65. The van der Waals surface area contributed by atoms with Crippen molar-refractivity contribution in [1.82, 2.24) is 8.87 Å². The number of hydrogen-bond acceptors (Lipinski definition) is 4. The van der Waals surface area contributed by atoms with Gasteiger partial charge in [-0.1, -0.05) is 37.3 Å². The topological polar surface area (TPSA) is 71.7 Å². The third kappa shape index (κ3) is 3.99. The van der Waals surface area contributed by atoms with Gasteiger partial charge in [-0.15, -0.1) is 0 Å². The van der Waals surface area contributed by atoms with Crippen molar-refractivity contribution >= 4 is 37.5 Å². The summed E-state index contributed by atoms with van der Waals surface area (Å²) in [7, 11) is -1.69. The third-order valence-electron chi connectivity index (χ3n) is 5.49. The number of sulfonamides is 1. The fraction of sp³-hybridized carbons (Fsp3) is 0.364. The van der Waals surface area contributed by atoms with E-state index in [0.717, 1.165) is 16.6 Å². The average Bonchev–Trinajstić information content (AvgIpc) is 3.03. The quantitative estimate of drug-likeness (QED) is 0.620. The van der Waals surface area contributed by atoms with Crippen LogP contribution in [0.15, 0.2) is 58.4 Å². The number of hydrogen-bond donors (Lipinski definition) is 0. The predicted octanol–water partition coefficient (Wildman–Crippen LogP) is 3.65. The van der Waals surface area contributed by atoms with Gasteiger partial charge in [0.1, 0.15) is 0 Å². The van der Waals surface area contributed by atoms with Crippen molar-refractivity contribution in [1.29, 1.82) is 0 Å². The molecule has 6 nitrogen and oxygen atoms in total. The number of aryl methyl sites for hydroxylation is 1. The number of fused-ring (bicyclic) bond motifs is 1. The van der Waals surface area contributed by atoms with Crippen LogP contribution in [0, 0.1) is 11.8 Å². The zero-order chi connectivity index (χ0) is 21.5. The van der Waals surface area contributed by atoms with E-state index >= 15 is 0 Å². The molecule has 0 radical (unpaired) electrons. The van der Waals surface area contributed by atoms with E-state index in [1.165, 1.54) is 23.5 Å². The third-order valence-corrected chi connectivity index (χ3v) is 8.45. The highest BCUT2D eigenvalue weighted by atomic mass is 32.2. The highest BCUT2D eigenvalue weighted by Crippen LogP contribution is 2.26. The lowest BCUT2D eigenvalue weighted by Crippen LogP contribution is -2.42. The molecule has 3 aromatic rings. The number of amides is 1. The Morgan fingerprint density at radius 2 is 1.67 bits per heavy atom. The number of carbonyl (C=O) groups is 1. The molecule has 1 saturated heterocycles. The maximum Gasteiger partial charge on any atom is 0.279 e. The number of para-hydroxylation sites is 1.